The van der Waals surface area contributed by atoms with E-state index in [0.717, 1.165) is 10.0 Å². The molecule has 0 aliphatic carbocycles. The number of halogens is 2. The summed E-state index contributed by atoms with van der Waals surface area (Å²) in [5.74, 6) is 0.0206. The van der Waals surface area contributed by atoms with Crippen LogP contribution in [0.3, 0.4) is 0 Å². The Morgan fingerprint density at radius 1 is 1.36 bits per heavy atom. The summed E-state index contributed by atoms with van der Waals surface area (Å²) in [6.07, 6.45) is -1.85. The molecule has 2 N–H and O–H groups in total. The van der Waals surface area contributed by atoms with Gasteiger partial charge in [0.05, 0.1) is 12.0 Å². The van der Waals surface area contributed by atoms with E-state index in [0.29, 0.717) is 5.56 Å². The Bertz CT molecular complexity index is 297. The Balaban J connectivity index is 2.94. The van der Waals surface area contributed by atoms with Gasteiger partial charge in [0, 0.05) is 4.47 Å². The highest BCUT2D eigenvalue weighted by atomic mass is 79.9. The van der Waals surface area contributed by atoms with Crippen molar-refractivity contribution in [2.45, 2.75) is 19.1 Å². The molecule has 1 aromatic rings. The quantitative estimate of drug-likeness (QED) is 0.834. The monoisotopic (exact) mass is 278 g/mol. The number of alkyl halides is 1. The third-order valence-electron chi connectivity index (χ3n) is 1.93. The van der Waals surface area contributed by atoms with Gasteiger partial charge in [-0.25, -0.2) is 0 Å². The summed E-state index contributed by atoms with van der Waals surface area (Å²) >= 11 is 8.78. The van der Waals surface area contributed by atoms with Crippen LogP contribution in [0, 0.1) is 6.92 Å². The Morgan fingerprint density at radius 2 is 2.00 bits per heavy atom. The predicted octanol–water partition coefficient (Wildman–Crippen LogP) is 2.39. The standard InChI is InChI=1S/C10H12BrClO2/c1-6-2-7(4-8(11)3-6)10(14)9(13)5-12/h2-4,9-10,13-14H,5H2,1H3. The molecule has 4 heteroatoms. The zero-order valence-electron chi connectivity index (χ0n) is 7.74. The summed E-state index contributed by atoms with van der Waals surface area (Å²) in [5, 5.41) is 19.0. The minimum atomic E-state index is -0.927. The maximum absolute atomic E-state index is 9.68. The van der Waals surface area contributed by atoms with Crippen molar-refractivity contribution in [1.29, 1.82) is 0 Å². The molecule has 0 heterocycles. The smallest absolute Gasteiger partial charge is 0.106 e. The molecule has 2 atom stereocenters. The van der Waals surface area contributed by atoms with E-state index in [2.05, 4.69) is 15.9 Å². The van der Waals surface area contributed by atoms with Crippen molar-refractivity contribution in [2.75, 3.05) is 5.88 Å². The van der Waals surface area contributed by atoms with Crippen molar-refractivity contribution in [1.82, 2.24) is 0 Å². The van der Waals surface area contributed by atoms with Gasteiger partial charge in [-0.1, -0.05) is 22.0 Å². The number of aliphatic hydroxyl groups is 2. The lowest BCUT2D eigenvalue weighted by molar-refractivity contribution is 0.0326. The van der Waals surface area contributed by atoms with Crippen molar-refractivity contribution in [2.24, 2.45) is 0 Å². The van der Waals surface area contributed by atoms with Crippen LogP contribution in [-0.4, -0.2) is 22.2 Å². The van der Waals surface area contributed by atoms with Crippen LogP contribution in [0.4, 0.5) is 0 Å². The molecule has 0 saturated heterocycles. The highest BCUT2D eigenvalue weighted by Gasteiger charge is 2.17. The topological polar surface area (TPSA) is 40.5 Å². The average molecular weight is 280 g/mol. The molecule has 0 aromatic heterocycles. The normalized spacial score (nSPS) is 15.2. The maximum atomic E-state index is 9.68. The van der Waals surface area contributed by atoms with Crippen molar-refractivity contribution in [3.63, 3.8) is 0 Å². The molecule has 0 radical (unpaired) electrons. The molecule has 0 amide bonds. The molecule has 2 nitrogen and oxygen atoms in total. The van der Waals surface area contributed by atoms with Crippen molar-refractivity contribution in [3.05, 3.63) is 33.8 Å². The molecular formula is C10H12BrClO2. The number of aliphatic hydroxyl groups excluding tert-OH is 2. The minimum absolute atomic E-state index is 0.0206. The Labute approximate surface area is 96.7 Å². The van der Waals surface area contributed by atoms with E-state index in [-0.39, 0.29) is 5.88 Å². The van der Waals surface area contributed by atoms with E-state index in [4.69, 9.17) is 11.6 Å². The van der Waals surface area contributed by atoms with Crippen molar-refractivity contribution < 1.29 is 10.2 Å². The largest absolute Gasteiger partial charge is 0.389 e. The van der Waals surface area contributed by atoms with E-state index >= 15 is 0 Å². The lowest BCUT2D eigenvalue weighted by Gasteiger charge is -2.16. The van der Waals surface area contributed by atoms with Crippen LogP contribution in [0.5, 0.6) is 0 Å². The van der Waals surface area contributed by atoms with Gasteiger partial charge in [0.15, 0.2) is 0 Å². The van der Waals surface area contributed by atoms with Gasteiger partial charge in [0.2, 0.25) is 0 Å². The van der Waals surface area contributed by atoms with Crippen LogP contribution in [-0.2, 0) is 0 Å². The average Bonchev–Trinajstić information content (AvgIpc) is 2.14. The SMILES string of the molecule is Cc1cc(Br)cc(C(O)C(O)CCl)c1. The third kappa shape index (κ3) is 2.95. The summed E-state index contributed by atoms with van der Waals surface area (Å²) in [7, 11) is 0. The lowest BCUT2D eigenvalue weighted by Crippen LogP contribution is -2.19. The lowest BCUT2D eigenvalue weighted by atomic mass is 10.0. The summed E-state index contributed by atoms with van der Waals surface area (Å²) in [5.41, 5.74) is 1.69. The molecular weight excluding hydrogens is 267 g/mol. The zero-order valence-corrected chi connectivity index (χ0v) is 10.1. The van der Waals surface area contributed by atoms with Gasteiger partial charge in [0.25, 0.3) is 0 Å². The van der Waals surface area contributed by atoms with Gasteiger partial charge in [-0.15, -0.1) is 11.6 Å². The van der Waals surface area contributed by atoms with Gasteiger partial charge in [-0.2, -0.15) is 0 Å². The fraction of sp³-hybridized carbons (Fsp3) is 0.400. The molecule has 78 valence electrons. The predicted molar refractivity (Wildman–Crippen MR) is 60.6 cm³/mol. The van der Waals surface area contributed by atoms with Gasteiger partial charge < -0.3 is 10.2 Å². The number of hydrogen-bond acceptors (Lipinski definition) is 2. The highest BCUT2D eigenvalue weighted by Crippen LogP contribution is 2.23. The van der Waals surface area contributed by atoms with Crippen LogP contribution in [0.15, 0.2) is 22.7 Å². The number of rotatable bonds is 3. The number of aryl methyl sites for hydroxylation is 1. The molecule has 2 unspecified atom stereocenters. The molecule has 14 heavy (non-hydrogen) atoms. The number of hydrogen-bond donors (Lipinski definition) is 2. The first-order chi connectivity index (χ1) is 6.54. The second-order valence-electron chi connectivity index (χ2n) is 3.23. The fourth-order valence-electron chi connectivity index (χ4n) is 1.24. The molecule has 0 spiro atoms. The summed E-state index contributed by atoms with van der Waals surface area (Å²) in [4.78, 5) is 0. The Kier molecular flexibility index (Phi) is 4.38. The van der Waals surface area contributed by atoms with Crippen LogP contribution >= 0.6 is 27.5 Å². The van der Waals surface area contributed by atoms with E-state index < -0.39 is 12.2 Å². The van der Waals surface area contributed by atoms with Crippen molar-refractivity contribution in [3.8, 4) is 0 Å². The first-order valence-corrected chi connectivity index (χ1v) is 5.56. The zero-order chi connectivity index (χ0) is 10.7. The molecule has 0 saturated carbocycles. The summed E-state index contributed by atoms with van der Waals surface area (Å²) < 4.78 is 0.883. The van der Waals surface area contributed by atoms with E-state index in [1.807, 2.05) is 19.1 Å². The summed E-state index contributed by atoms with van der Waals surface area (Å²) in [6, 6.07) is 5.53. The van der Waals surface area contributed by atoms with Gasteiger partial charge in [0.1, 0.15) is 6.10 Å². The molecule has 0 bridgehead atoms. The molecule has 1 aromatic carbocycles. The van der Waals surface area contributed by atoms with Crippen molar-refractivity contribution >= 4 is 27.5 Å². The third-order valence-corrected chi connectivity index (χ3v) is 2.70. The molecule has 0 aliphatic rings. The molecule has 1 rings (SSSR count). The molecule has 0 fully saturated rings. The second kappa shape index (κ2) is 5.12. The Morgan fingerprint density at radius 3 is 2.50 bits per heavy atom. The fourth-order valence-corrected chi connectivity index (χ4v) is 2.04. The number of benzene rings is 1. The van der Waals surface area contributed by atoms with Gasteiger partial charge in [-0.05, 0) is 30.2 Å². The van der Waals surface area contributed by atoms with E-state index in [1.54, 1.807) is 6.07 Å². The highest BCUT2D eigenvalue weighted by molar-refractivity contribution is 9.10. The van der Waals surface area contributed by atoms with Crippen LogP contribution in [0.1, 0.15) is 17.2 Å². The van der Waals surface area contributed by atoms with Gasteiger partial charge >= 0.3 is 0 Å². The van der Waals surface area contributed by atoms with E-state index in [1.165, 1.54) is 0 Å². The maximum Gasteiger partial charge on any atom is 0.106 e. The van der Waals surface area contributed by atoms with E-state index in [9.17, 15) is 10.2 Å². The second-order valence-corrected chi connectivity index (χ2v) is 4.45. The van der Waals surface area contributed by atoms with Gasteiger partial charge in [-0.3, -0.25) is 0 Å². The Hall–Kier alpha value is -0.0900. The van der Waals surface area contributed by atoms with Crippen LogP contribution in [0.2, 0.25) is 0 Å². The summed E-state index contributed by atoms with van der Waals surface area (Å²) in [6.45, 7) is 1.92. The first kappa shape index (κ1) is 12.0. The minimum Gasteiger partial charge on any atom is -0.389 e. The van der Waals surface area contributed by atoms with Crippen LogP contribution in [0.25, 0.3) is 0 Å². The first-order valence-electron chi connectivity index (χ1n) is 4.23. The van der Waals surface area contributed by atoms with Crippen LogP contribution < -0.4 is 0 Å². The molecule has 0 aliphatic heterocycles.